The molecule has 0 radical (unpaired) electrons. The Balaban J connectivity index is 1.97. The number of carbonyl (C=O) groups excluding carboxylic acids is 1. The average molecular weight is 385 g/mol. The van der Waals surface area contributed by atoms with Crippen molar-refractivity contribution in [2.45, 2.75) is 6.92 Å². The van der Waals surface area contributed by atoms with Gasteiger partial charge in [0.05, 0.1) is 18.4 Å². The molecule has 0 unspecified atom stereocenters. The molecule has 8 nitrogen and oxygen atoms in total. The van der Waals surface area contributed by atoms with E-state index in [1.165, 1.54) is 16.8 Å². The lowest BCUT2D eigenvalue weighted by Gasteiger charge is -2.28. The molecule has 0 atom stereocenters. The van der Waals surface area contributed by atoms with E-state index in [1.807, 2.05) is 4.90 Å². The van der Waals surface area contributed by atoms with Gasteiger partial charge < -0.3 is 19.9 Å². The molecule has 0 aliphatic carbocycles. The van der Waals surface area contributed by atoms with Crippen LogP contribution in [0.3, 0.4) is 0 Å². The number of benzene rings is 1. The van der Waals surface area contributed by atoms with Crippen molar-refractivity contribution in [3.05, 3.63) is 52.3 Å². The zero-order valence-corrected chi connectivity index (χ0v) is 15.4. The van der Waals surface area contributed by atoms with Gasteiger partial charge >= 0.3 is 5.97 Å². The number of anilines is 1. The van der Waals surface area contributed by atoms with E-state index in [4.69, 9.17) is 4.74 Å². The molecule has 28 heavy (non-hydrogen) atoms. The second-order valence-electron chi connectivity index (χ2n) is 6.43. The van der Waals surface area contributed by atoms with Gasteiger partial charge in [0.25, 0.3) is 5.56 Å². The predicted octanol–water partition coefficient (Wildman–Crippen LogP) is 1.41. The smallest absolute Gasteiger partial charge is 0.356 e. The summed E-state index contributed by atoms with van der Waals surface area (Å²) in [5.74, 6) is -0.575. The first-order valence-corrected chi connectivity index (χ1v) is 9.13. The molecule has 9 heteroatoms. The van der Waals surface area contributed by atoms with Gasteiger partial charge in [0.2, 0.25) is 0 Å². The van der Waals surface area contributed by atoms with Gasteiger partial charge in [0, 0.05) is 31.7 Å². The lowest BCUT2D eigenvalue weighted by atomic mass is 10.1. The van der Waals surface area contributed by atoms with Gasteiger partial charge in [0.1, 0.15) is 17.0 Å². The van der Waals surface area contributed by atoms with Crippen LogP contribution in [0.5, 0.6) is 0 Å². The van der Waals surface area contributed by atoms with E-state index >= 15 is 0 Å². The number of aromatic nitrogens is 3. The maximum Gasteiger partial charge on any atom is 0.356 e. The van der Waals surface area contributed by atoms with E-state index in [1.54, 1.807) is 25.1 Å². The molecule has 0 saturated carbocycles. The summed E-state index contributed by atoms with van der Waals surface area (Å²) in [5.41, 5.74) is 0.357. The number of esters is 1. The second kappa shape index (κ2) is 7.43. The van der Waals surface area contributed by atoms with Crippen LogP contribution in [-0.4, -0.2) is 53.4 Å². The molecular formula is C19H20FN5O3. The molecule has 2 aromatic heterocycles. The largest absolute Gasteiger partial charge is 0.461 e. The summed E-state index contributed by atoms with van der Waals surface area (Å²) in [7, 11) is 0. The quantitative estimate of drug-likeness (QED) is 0.660. The van der Waals surface area contributed by atoms with Crippen molar-refractivity contribution in [2.24, 2.45) is 0 Å². The number of ether oxygens (including phenoxy) is 1. The fraction of sp³-hybridized carbons (Fsp3) is 0.316. The number of nitrogens with zero attached hydrogens (tertiary/aromatic N) is 3. The number of aromatic amines is 1. The van der Waals surface area contributed by atoms with Crippen LogP contribution >= 0.6 is 0 Å². The Kier molecular flexibility index (Phi) is 4.82. The predicted molar refractivity (Wildman–Crippen MR) is 102 cm³/mol. The molecule has 146 valence electrons. The van der Waals surface area contributed by atoms with Gasteiger partial charge in [-0.3, -0.25) is 4.79 Å². The topological polar surface area (TPSA) is 91.7 Å². The number of fused-ring (bicyclic) bond motifs is 1. The first-order chi connectivity index (χ1) is 13.6. The van der Waals surface area contributed by atoms with Crippen LogP contribution in [0.4, 0.5) is 10.2 Å². The monoisotopic (exact) mass is 385 g/mol. The van der Waals surface area contributed by atoms with Gasteiger partial charge in [0.15, 0.2) is 5.82 Å². The van der Waals surface area contributed by atoms with Crippen molar-refractivity contribution in [3.8, 4) is 11.1 Å². The molecule has 0 bridgehead atoms. The number of nitrogens with one attached hydrogen (secondary N) is 2. The average Bonchev–Trinajstić information content (AvgIpc) is 3.09. The third kappa shape index (κ3) is 3.13. The first kappa shape index (κ1) is 18.2. The van der Waals surface area contributed by atoms with Crippen LogP contribution in [0.2, 0.25) is 0 Å². The summed E-state index contributed by atoms with van der Waals surface area (Å²) in [6.45, 7) is 4.73. The Hall–Kier alpha value is -3.20. The Labute approximate surface area is 159 Å². The zero-order valence-electron chi connectivity index (χ0n) is 15.4. The number of H-pyrrole nitrogens is 1. The molecule has 1 aliphatic rings. The number of carbonyl (C=O) groups is 1. The fourth-order valence-electron chi connectivity index (χ4n) is 3.39. The highest BCUT2D eigenvalue weighted by molar-refractivity contribution is 5.91. The number of halogens is 1. The lowest BCUT2D eigenvalue weighted by Crippen LogP contribution is -2.43. The molecule has 0 spiro atoms. The molecule has 0 amide bonds. The van der Waals surface area contributed by atoms with Gasteiger partial charge in [-0.15, -0.1) is 5.10 Å². The molecule has 3 aromatic rings. The van der Waals surface area contributed by atoms with Crippen molar-refractivity contribution >= 4 is 17.3 Å². The molecule has 1 saturated heterocycles. The molecule has 1 aromatic carbocycles. The Morgan fingerprint density at radius 1 is 1.29 bits per heavy atom. The van der Waals surface area contributed by atoms with E-state index in [9.17, 15) is 14.0 Å². The van der Waals surface area contributed by atoms with E-state index in [0.29, 0.717) is 30.0 Å². The van der Waals surface area contributed by atoms with Crippen molar-refractivity contribution in [1.29, 1.82) is 0 Å². The summed E-state index contributed by atoms with van der Waals surface area (Å²) in [5, 5.41) is 7.80. The standard InChI is InChI=1S/C19H20FN5O3/c1-2-28-19(27)14-11-25-16(18(26)22-14)15(12-5-3-4-6-13(12)20)17(23-25)24-9-7-21-8-10-24/h3-6,11,21H,2,7-10H2,1H3,(H,22,26). The zero-order chi connectivity index (χ0) is 19.7. The van der Waals surface area contributed by atoms with Crippen LogP contribution in [0, 0.1) is 5.82 Å². The number of hydrogen-bond acceptors (Lipinski definition) is 6. The van der Waals surface area contributed by atoms with Crippen LogP contribution in [0.15, 0.2) is 35.3 Å². The van der Waals surface area contributed by atoms with Crippen LogP contribution in [0.1, 0.15) is 17.4 Å². The van der Waals surface area contributed by atoms with E-state index in [0.717, 1.165) is 13.1 Å². The normalized spacial score (nSPS) is 14.4. The highest BCUT2D eigenvalue weighted by Gasteiger charge is 2.26. The summed E-state index contributed by atoms with van der Waals surface area (Å²) in [6, 6.07) is 6.28. The summed E-state index contributed by atoms with van der Waals surface area (Å²) in [6.07, 6.45) is 1.41. The minimum atomic E-state index is -0.645. The Morgan fingerprint density at radius 3 is 2.75 bits per heavy atom. The van der Waals surface area contributed by atoms with Gasteiger partial charge in [-0.2, -0.15) is 0 Å². The Bertz CT molecular complexity index is 1080. The highest BCUT2D eigenvalue weighted by atomic mass is 19.1. The van der Waals surface area contributed by atoms with Crippen molar-refractivity contribution in [3.63, 3.8) is 0 Å². The SMILES string of the molecule is CCOC(=O)c1cn2nc(N3CCNCC3)c(-c3ccccc3F)c2c(=O)[nH]1. The number of hydrogen-bond donors (Lipinski definition) is 2. The van der Waals surface area contributed by atoms with E-state index in [2.05, 4.69) is 15.4 Å². The molecule has 1 aliphatic heterocycles. The summed E-state index contributed by atoms with van der Waals surface area (Å²) >= 11 is 0. The maximum absolute atomic E-state index is 14.6. The number of rotatable bonds is 4. The van der Waals surface area contributed by atoms with E-state index < -0.39 is 17.3 Å². The molecule has 4 rings (SSSR count). The minimum absolute atomic E-state index is 0.00575. The van der Waals surface area contributed by atoms with Crippen LogP contribution < -0.4 is 15.8 Å². The van der Waals surface area contributed by atoms with Gasteiger partial charge in [-0.1, -0.05) is 18.2 Å². The maximum atomic E-state index is 14.6. The van der Waals surface area contributed by atoms with Crippen LogP contribution in [0.25, 0.3) is 16.6 Å². The molecule has 3 heterocycles. The third-order valence-corrected chi connectivity index (χ3v) is 4.66. The lowest BCUT2D eigenvalue weighted by molar-refractivity contribution is 0.0518. The molecular weight excluding hydrogens is 365 g/mol. The van der Waals surface area contributed by atoms with E-state index in [-0.39, 0.29) is 17.8 Å². The summed E-state index contributed by atoms with van der Waals surface area (Å²) < 4.78 is 20.9. The van der Waals surface area contributed by atoms with Crippen molar-refractivity contribution in [2.75, 3.05) is 37.7 Å². The second-order valence-corrected chi connectivity index (χ2v) is 6.43. The van der Waals surface area contributed by atoms with Crippen molar-refractivity contribution in [1.82, 2.24) is 19.9 Å². The molecule has 2 N–H and O–H groups in total. The Morgan fingerprint density at radius 2 is 2.04 bits per heavy atom. The fourth-order valence-corrected chi connectivity index (χ4v) is 3.39. The first-order valence-electron chi connectivity index (χ1n) is 9.13. The van der Waals surface area contributed by atoms with Gasteiger partial charge in [-0.25, -0.2) is 13.7 Å². The van der Waals surface area contributed by atoms with Crippen molar-refractivity contribution < 1.29 is 13.9 Å². The van der Waals surface area contributed by atoms with Crippen LogP contribution in [-0.2, 0) is 4.74 Å². The van der Waals surface area contributed by atoms with Gasteiger partial charge in [-0.05, 0) is 13.0 Å². The minimum Gasteiger partial charge on any atom is -0.461 e. The third-order valence-electron chi connectivity index (χ3n) is 4.66. The highest BCUT2D eigenvalue weighted by Crippen LogP contribution is 2.34. The molecule has 1 fully saturated rings. The summed E-state index contributed by atoms with van der Waals surface area (Å²) in [4.78, 5) is 29.4. The number of piperazine rings is 1.